The van der Waals surface area contributed by atoms with Crippen molar-refractivity contribution in [2.75, 3.05) is 64.3 Å². The van der Waals surface area contributed by atoms with Crippen molar-refractivity contribution in [1.29, 1.82) is 0 Å². The van der Waals surface area contributed by atoms with Gasteiger partial charge in [-0.25, -0.2) is 0 Å². The first-order valence-corrected chi connectivity index (χ1v) is 6.95. The summed E-state index contributed by atoms with van der Waals surface area (Å²) in [6.45, 7) is 4.17. The summed E-state index contributed by atoms with van der Waals surface area (Å²) in [4.78, 5) is 0. The fourth-order valence-corrected chi connectivity index (χ4v) is 1.49. The summed E-state index contributed by atoms with van der Waals surface area (Å²) < 4.78 is 21.3. The van der Waals surface area contributed by atoms with Crippen LogP contribution < -0.4 is 21.9 Å². The van der Waals surface area contributed by atoms with Crippen molar-refractivity contribution in [3.63, 3.8) is 0 Å². The predicted molar refractivity (Wildman–Crippen MR) is 82.3 cm³/mol. The molecule has 0 amide bonds. The van der Waals surface area contributed by atoms with Crippen molar-refractivity contribution in [2.45, 2.75) is 0 Å². The lowest BCUT2D eigenvalue weighted by atomic mass is 10.2. The van der Waals surface area contributed by atoms with Crippen molar-refractivity contribution in [2.24, 2.45) is 5.73 Å². The number of hydrogen-bond acceptors (Lipinski definition) is 7. The predicted octanol–water partition coefficient (Wildman–Crippen LogP) is 0.238. The molecule has 1 aromatic rings. The Hall–Kier alpha value is -1.54. The number of anilines is 2. The van der Waals surface area contributed by atoms with E-state index in [0.29, 0.717) is 69.9 Å². The van der Waals surface area contributed by atoms with Gasteiger partial charge in [0.25, 0.3) is 0 Å². The van der Waals surface area contributed by atoms with E-state index in [1.807, 2.05) is 0 Å². The monoisotopic (exact) mass is 299 g/mol. The Morgan fingerprint density at radius 2 is 1.29 bits per heavy atom. The molecule has 0 bridgehead atoms. The van der Waals surface area contributed by atoms with Gasteiger partial charge in [-0.3, -0.25) is 0 Å². The molecule has 0 aliphatic carbocycles. The molecule has 0 fully saturated rings. The summed E-state index contributed by atoms with van der Waals surface area (Å²) in [7, 11) is 0. The second-order valence-electron chi connectivity index (χ2n) is 4.26. The first-order valence-electron chi connectivity index (χ1n) is 6.95. The highest BCUT2D eigenvalue weighted by Gasteiger charge is 1.98. The van der Waals surface area contributed by atoms with E-state index in [4.69, 9.17) is 36.1 Å². The van der Waals surface area contributed by atoms with Gasteiger partial charge in [-0.05, 0) is 12.1 Å². The van der Waals surface area contributed by atoms with Crippen LogP contribution in [0.2, 0.25) is 0 Å². The Morgan fingerprint density at radius 1 is 0.714 bits per heavy atom. The molecule has 120 valence electrons. The lowest BCUT2D eigenvalue weighted by molar-refractivity contribution is 0.0106. The minimum atomic E-state index is 0.447. The van der Waals surface area contributed by atoms with Crippen LogP contribution in [0.1, 0.15) is 0 Å². The average Bonchev–Trinajstić information content (AvgIpc) is 2.48. The third kappa shape index (κ3) is 8.36. The van der Waals surface area contributed by atoms with Crippen LogP contribution in [0.25, 0.3) is 0 Å². The Morgan fingerprint density at radius 3 is 1.86 bits per heavy atom. The first-order chi connectivity index (χ1) is 10.2. The number of ether oxygens (including phenoxy) is 4. The topological polar surface area (TPSA) is 115 Å². The van der Waals surface area contributed by atoms with Gasteiger partial charge in [0.2, 0.25) is 0 Å². The van der Waals surface area contributed by atoms with Crippen molar-refractivity contribution in [1.82, 2.24) is 0 Å². The second kappa shape index (κ2) is 11.2. The van der Waals surface area contributed by atoms with Gasteiger partial charge in [0.05, 0.1) is 51.0 Å². The van der Waals surface area contributed by atoms with Gasteiger partial charge < -0.3 is 36.1 Å². The van der Waals surface area contributed by atoms with Crippen molar-refractivity contribution in [3.8, 4) is 5.75 Å². The molecule has 0 aromatic heterocycles. The molecular weight excluding hydrogens is 274 g/mol. The molecule has 1 rings (SSSR count). The second-order valence-corrected chi connectivity index (χ2v) is 4.26. The third-order valence-electron chi connectivity index (χ3n) is 2.56. The molecule has 0 saturated carbocycles. The highest BCUT2D eigenvalue weighted by atomic mass is 16.6. The summed E-state index contributed by atoms with van der Waals surface area (Å²) >= 11 is 0. The lowest BCUT2D eigenvalue weighted by Gasteiger charge is -2.09. The summed E-state index contributed by atoms with van der Waals surface area (Å²) in [5, 5.41) is 0. The number of benzene rings is 1. The van der Waals surface area contributed by atoms with Crippen LogP contribution in [0.15, 0.2) is 18.2 Å². The van der Waals surface area contributed by atoms with Crippen molar-refractivity contribution < 1.29 is 18.9 Å². The van der Waals surface area contributed by atoms with Gasteiger partial charge in [0.1, 0.15) is 12.4 Å². The first kappa shape index (κ1) is 17.5. The molecule has 7 nitrogen and oxygen atoms in total. The van der Waals surface area contributed by atoms with Crippen LogP contribution in [0.3, 0.4) is 0 Å². The maximum absolute atomic E-state index is 5.68. The van der Waals surface area contributed by atoms with E-state index in [-0.39, 0.29) is 0 Å². The molecule has 0 aliphatic heterocycles. The van der Waals surface area contributed by atoms with Crippen LogP contribution in [-0.2, 0) is 14.2 Å². The maximum Gasteiger partial charge on any atom is 0.121 e. The summed E-state index contributed by atoms with van der Waals surface area (Å²) in [5.41, 5.74) is 17.6. The molecule has 21 heavy (non-hydrogen) atoms. The number of nitrogens with two attached hydrogens (primary N) is 3. The third-order valence-corrected chi connectivity index (χ3v) is 2.56. The van der Waals surface area contributed by atoms with E-state index in [0.717, 1.165) is 0 Å². The Kier molecular flexibility index (Phi) is 9.30. The van der Waals surface area contributed by atoms with Gasteiger partial charge in [-0.2, -0.15) is 0 Å². The van der Waals surface area contributed by atoms with Gasteiger partial charge in [0.15, 0.2) is 0 Å². The average molecular weight is 299 g/mol. The van der Waals surface area contributed by atoms with E-state index in [1.54, 1.807) is 18.2 Å². The zero-order valence-corrected chi connectivity index (χ0v) is 12.3. The van der Waals surface area contributed by atoms with Gasteiger partial charge in [0, 0.05) is 12.6 Å². The summed E-state index contributed by atoms with van der Waals surface area (Å²) in [6.07, 6.45) is 0. The molecule has 0 radical (unpaired) electrons. The van der Waals surface area contributed by atoms with Crippen LogP contribution in [0, 0.1) is 0 Å². The quantitative estimate of drug-likeness (QED) is 0.374. The Balaban J connectivity index is 1.91. The Labute approximate surface area is 125 Å². The normalized spacial score (nSPS) is 10.7. The molecular formula is C14H25N3O4. The largest absolute Gasteiger partial charge is 0.491 e. The van der Waals surface area contributed by atoms with Crippen molar-refractivity contribution in [3.05, 3.63) is 18.2 Å². The highest BCUT2D eigenvalue weighted by Crippen LogP contribution is 2.21. The van der Waals surface area contributed by atoms with E-state index < -0.39 is 0 Å². The number of hydrogen-bond donors (Lipinski definition) is 3. The van der Waals surface area contributed by atoms with E-state index in [1.165, 1.54) is 0 Å². The zero-order chi connectivity index (χ0) is 15.3. The minimum Gasteiger partial charge on any atom is -0.491 e. The molecule has 0 spiro atoms. The fraction of sp³-hybridized carbons (Fsp3) is 0.571. The summed E-state index contributed by atoms with van der Waals surface area (Å²) in [5.74, 6) is 0.679. The SMILES string of the molecule is NCCOCCOCCOCCOc1ccc(N)c(N)c1. The van der Waals surface area contributed by atoms with Crippen LogP contribution in [0.5, 0.6) is 5.75 Å². The standard InChI is InChI=1S/C14H25N3O4/c15-3-4-18-5-6-19-7-8-20-9-10-21-12-1-2-13(16)14(17)11-12/h1-2,11H,3-10,15-17H2. The van der Waals surface area contributed by atoms with Crippen LogP contribution in [0.4, 0.5) is 11.4 Å². The smallest absolute Gasteiger partial charge is 0.121 e. The number of nitrogen functional groups attached to an aromatic ring is 2. The van der Waals surface area contributed by atoms with Gasteiger partial charge >= 0.3 is 0 Å². The molecule has 0 unspecified atom stereocenters. The van der Waals surface area contributed by atoms with E-state index >= 15 is 0 Å². The molecule has 0 saturated heterocycles. The van der Waals surface area contributed by atoms with Crippen LogP contribution in [-0.4, -0.2) is 52.8 Å². The molecule has 6 N–H and O–H groups in total. The maximum atomic E-state index is 5.68. The molecule has 7 heteroatoms. The van der Waals surface area contributed by atoms with Gasteiger partial charge in [-0.1, -0.05) is 0 Å². The summed E-state index contributed by atoms with van der Waals surface area (Å²) in [6, 6.07) is 5.18. The van der Waals surface area contributed by atoms with Crippen LogP contribution >= 0.6 is 0 Å². The zero-order valence-electron chi connectivity index (χ0n) is 12.3. The fourth-order valence-electron chi connectivity index (χ4n) is 1.49. The van der Waals surface area contributed by atoms with Crippen molar-refractivity contribution >= 4 is 11.4 Å². The number of rotatable bonds is 12. The Bertz CT molecular complexity index is 390. The minimum absolute atomic E-state index is 0.447. The molecule has 0 atom stereocenters. The van der Waals surface area contributed by atoms with E-state index in [9.17, 15) is 0 Å². The van der Waals surface area contributed by atoms with Gasteiger partial charge in [-0.15, -0.1) is 0 Å². The molecule has 1 aromatic carbocycles. The highest BCUT2D eigenvalue weighted by molar-refractivity contribution is 5.65. The lowest BCUT2D eigenvalue weighted by Crippen LogP contribution is -2.14. The van der Waals surface area contributed by atoms with E-state index in [2.05, 4.69) is 0 Å². The molecule has 0 aliphatic rings. The molecule has 0 heterocycles.